The molecular formula is C19H19ClFN3. The molecule has 1 aliphatic rings. The van der Waals surface area contributed by atoms with E-state index in [0.717, 1.165) is 53.4 Å². The van der Waals surface area contributed by atoms with Crippen molar-refractivity contribution in [1.29, 1.82) is 0 Å². The Morgan fingerprint density at radius 2 is 1.79 bits per heavy atom. The van der Waals surface area contributed by atoms with Gasteiger partial charge in [-0.25, -0.2) is 4.39 Å². The van der Waals surface area contributed by atoms with Gasteiger partial charge >= 0.3 is 0 Å². The van der Waals surface area contributed by atoms with Crippen LogP contribution in [-0.4, -0.2) is 24.1 Å². The van der Waals surface area contributed by atoms with Gasteiger partial charge in [0.05, 0.1) is 0 Å². The van der Waals surface area contributed by atoms with Crippen LogP contribution >= 0.6 is 11.6 Å². The highest BCUT2D eigenvalue weighted by Crippen LogP contribution is 2.27. The minimum atomic E-state index is -0.200. The molecule has 2 N–H and O–H groups in total. The number of rotatable bonds is 3. The summed E-state index contributed by atoms with van der Waals surface area (Å²) >= 11 is 6.06. The van der Waals surface area contributed by atoms with Gasteiger partial charge in [0.15, 0.2) is 0 Å². The van der Waals surface area contributed by atoms with Gasteiger partial charge in [-0.2, -0.15) is 0 Å². The van der Waals surface area contributed by atoms with Crippen LogP contribution < -0.4 is 10.2 Å². The minimum Gasteiger partial charge on any atom is -0.382 e. The Hall–Kier alpha value is -2.20. The molecule has 3 aromatic rings. The number of halogens is 2. The highest BCUT2D eigenvalue weighted by atomic mass is 35.5. The highest BCUT2D eigenvalue weighted by Gasteiger charge is 2.20. The van der Waals surface area contributed by atoms with Gasteiger partial charge in [0.1, 0.15) is 11.6 Å². The number of hydrogen-bond acceptors (Lipinski definition) is 2. The van der Waals surface area contributed by atoms with E-state index in [9.17, 15) is 4.39 Å². The molecule has 0 aliphatic carbocycles. The molecule has 1 fully saturated rings. The third kappa shape index (κ3) is 3.20. The summed E-state index contributed by atoms with van der Waals surface area (Å²) in [7, 11) is 0. The van der Waals surface area contributed by atoms with Gasteiger partial charge in [-0.1, -0.05) is 11.6 Å². The molecule has 1 saturated heterocycles. The number of piperidine rings is 1. The largest absolute Gasteiger partial charge is 0.382 e. The fourth-order valence-electron chi connectivity index (χ4n) is 3.31. The Bertz CT molecular complexity index is 835. The van der Waals surface area contributed by atoms with Crippen LogP contribution in [0.15, 0.2) is 48.5 Å². The first-order valence-electron chi connectivity index (χ1n) is 8.23. The average Bonchev–Trinajstić information content (AvgIpc) is 3.01. The number of hydrogen-bond donors (Lipinski definition) is 2. The third-order valence-corrected chi connectivity index (χ3v) is 4.85. The van der Waals surface area contributed by atoms with Crippen molar-refractivity contribution in [1.82, 2.24) is 4.98 Å². The summed E-state index contributed by atoms with van der Waals surface area (Å²) in [4.78, 5) is 5.84. The zero-order chi connectivity index (χ0) is 16.5. The highest BCUT2D eigenvalue weighted by molar-refractivity contribution is 6.31. The van der Waals surface area contributed by atoms with Crippen LogP contribution in [0.4, 0.5) is 15.9 Å². The van der Waals surface area contributed by atoms with Crippen molar-refractivity contribution in [3.05, 3.63) is 59.4 Å². The zero-order valence-electron chi connectivity index (χ0n) is 13.2. The average molecular weight is 344 g/mol. The van der Waals surface area contributed by atoms with Crippen molar-refractivity contribution < 1.29 is 4.39 Å². The summed E-state index contributed by atoms with van der Waals surface area (Å²) in [5.41, 5.74) is 2.09. The molecule has 2 heterocycles. The molecule has 124 valence electrons. The van der Waals surface area contributed by atoms with Gasteiger partial charge in [-0.3, -0.25) is 0 Å². The summed E-state index contributed by atoms with van der Waals surface area (Å²) in [5, 5.41) is 5.40. The second-order valence-corrected chi connectivity index (χ2v) is 6.74. The third-order valence-electron chi connectivity index (χ3n) is 4.62. The van der Waals surface area contributed by atoms with Gasteiger partial charge in [-0.15, -0.1) is 0 Å². The molecule has 0 atom stereocenters. The van der Waals surface area contributed by atoms with Crippen LogP contribution in [0.25, 0.3) is 10.9 Å². The van der Waals surface area contributed by atoms with E-state index in [-0.39, 0.29) is 5.82 Å². The quantitative estimate of drug-likeness (QED) is 0.698. The van der Waals surface area contributed by atoms with Crippen molar-refractivity contribution in [2.75, 3.05) is 23.3 Å². The van der Waals surface area contributed by atoms with E-state index in [1.807, 2.05) is 18.2 Å². The fraction of sp³-hybridized carbons (Fsp3) is 0.263. The van der Waals surface area contributed by atoms with E-state index in [1.54, 1.807) is 12.1 Å². The molecule has 5 heteroatoms. The molecule has 2 aromatic carbocycles. The maximum atomic E-state index is 13.0. The Morgan fingerprint density at radius 1 is 1.04 bits per heavy atom. The first-order chi connectivity index (χ1) is 11.7. The Balaban J connectivity index is 1.40. The molecule has 3 nitrogen and oxygen atoms in total. The molecule has 0 spiro atoms. The van der Waals surface area contributed by atoms with Crippen molar-refractivity contribution in [2.45, 2.75) is 18.9 Å². The second-order valence-electron chi connectivity index (χ2n) is 6.30. The molecule has 1 aliphatic heterocycles. The second kappa shape index (κ2) is 6.36. The molecule has 0 amide bonds. The first kappa shape index (κ1) is 15.3. The minimum absolute atomic E-state index is 0.200. The number of benzene rings is 2. The van der Waals surface area contributed by atoms with E-state index in [4.69, 9.17) is 11.6 Å². The van der Waals surface area contributed by atoms with Gasteiger partial charge in [0, 0.05) is 40.7 Å². The van der Waals surface area contributed by atoms with Crippen LogP contribution in [0.1, 0.15) is 12.8 Å². The van der Waals surface area contributed by atoms with Crippen LogP contribution in [0, 0.1) is 5.82 Å². The van der Waals surface area contributed by atoms with E-state index < -0.39 is 0 Å². The Morgan fingerprint density at radius 3 is 2.54 bits per heavy atom. The lowest BCUT2D eigenvalue weighted by Crippen LogP contribution is -2.39. The lowest BCUT2D eigenvalue weighted by atomic mass is 10.0. The maximum absolute atomic E-state index is 13.0. The van der Waals surface area contributed by atoms with Gasteiger partial charge in [0.25, 0.3) is 0 Å². The maximum Gasteiger partial charge on any atom is 0.123 e. The standard InChI is InChI=1S/C19H19ClFN3/c20-14-1-6-18-13(11-14)12-19(23-18)24-9-7-17(8-10-24)22-16-4-2-15(21)3-5-16/h1-6,11-12,17,22-23H,7-10H2. The lowest BCUT2D eigenvalue weighted by Gasteiger charge is -2.33. The molecule has 1 aromatic heterocycles. The summed E-state index contributed by atoms with van der Waals surface area (Å²) in [6.45, 7) is 1.97. The fourth-order valence-corrected chi connectivity index (χ4v) is 3.49. The monoisotopic (exact) mass is 343 g/mol. The molecule has 0 bridgehead atoms. The van der Waals surface area contributed by atoms with E-state index in [1.165, 1.54) is 12.1 Å². The van der Waals surface area contributed by atoms with Crippen LogP contribution in [0.2, 0.25) is 5.02 Å². The van der Waals surface area contributed by atoms with E-state index >= 15 is 0 Å². The predicted octanol–water partition coefficient (Wildman–Crippen LogP) is 5.04. The van der Waals surface area contributed by atoms with Crippen molar-refractivity contribution in [2.24, 2.45) is 0 Å². The van der Waals surface area contributed by atoms with Crippen molar-refractivity contribution in [3.8, 4) is 0 Å². The molecule has 0 saturated carbocycles. The van der Waals surface area contributed by atoms with Crippen LogP contribution in [0.5, 0.6) is 0 Å². The number of fused-ring (bicyclic) bond motifs is 1. The number of aromatic nitrogens is 1. The number of H-pyrrole nitrogens is 1. The van der Waals surface area contributed by atoms with Crippen LogP contribution in [-0.2, 0) is 0 Å². The van der Waals surface area contributed by atoms with Crippen molar-refractivity contribution in [3.63, 3.8) is 0 Å². The molecule has 24 heavy (non-hydrogen) atoms. The molecule has 4 rings (SSSR count). The molecule has 0 unspecified atom stereocenters. The van der Waals surface area contributed by atoms with E-state index in [0.29, 0.717) is 6.04 Å². The number of aromatic amines is 1. The topological polar surface area (TPSA) is 31.1 Å². The smallest absolute Gasteiger partial charge is 0.123 e. The Labute approximate surface area is 145 Å². The van der Waals surface area contributed by atoms with Crippen LogP contribution in [0.3, 0.4) is 0 Å². The summed E-state index contributed by atoms with van der Waals surface area (Å²) < 4.78 is 13.0. The predicted molar refractivity (Wildman–Crippen MR) is 98.6 cm³/mol. The normalized spacial score (nSPS) is 15.8. The Kier molecular flexibility index (Phi) is 4.07. The zero-order valence-corrected chi connectivity index (χ0v) is 14.0. The number of anilines is 2. The lowest BCUT2D eigenvalue weighted by molar-refractivity contribution is 0.524. The number of nitrogens with one attached hydrogen (secondary N) is 2. The summed E-state index contributed by atoms with van der Waals surface area (Å²) in [6, 6.07) is 15.1. The van der Waals surface area contributed by atoms with Gasteiger partial charge in [-0.05, 0) is 61.4 Å². The summed E-state index contributed by atoms with van der Waals surface area (Å²) in [5.74, 6) is 0.946. The first-order valence-corrected chi connectivity index (χ1v) is 8.60. The SMILES string of the molecule is Fc1ccc(NC2CCN(c3cc4cc(Cl)ccc4[nH]3)CC2)cc1. The molecular weight excluding hydrogens is 325 g/mol. The molecule has 0 radical (unpaired) electrons. The van der Waals surface area contributed by atoms with Gasteiger partial charge < -0.3 is 15.2 Å². The number of nitrogens with zero attached hydrogens (tertiary/aromatic N) is 1. The summed E-state index contributed by atoms with van der Waals surface area (Å²) in [6.07, 6.45) is 2.10. The van der Waals surface area contributed by atoms with Crippen molar-refractivity contribution >= 4 is 34.0 Å². The van der Waals surface area contributed by atoms with E-state index in [2.05, 4.69) is 21.3 Å². The van der Waals surface area contributed by atoms with Gasteiger partial charge in [0.2, 0.25) is 0 Å².